The molecule has 2 atom stereocenters. The predicted molar refractivity (Wildman–Crippen MR) is 46.9 cm³/mol. The Labute approximate surface area is 72.7 Å². The number of hydrogen-bond acceptors (Lipinski definition) is 2. The number of aliphatic carboxylic acids is 1. The summed E-state index contributed by atoms with van der Waals surface area (Å²) < 4.78 is 0. The Bertz CT molecular complexity index is 154. The van der Waals surface area contributed by atoms with Crippen molar-refractivity contribution in [2.75, 3.05) is 0 Å². The van der Waals surface area contributed by atoms with Crippen LogP contribution in [0.15, 0.2) is 12.7 Å². The summed E-state index contributed by atoms with van der Waals surface area (Å²) in [5.74, 6) is -0.927. The number of carboxylic acids is 1. The molecule has 0 aromatic rings. The molecule has 0 heterocycles. The summed E-state index contributed by atoms with van der Waals surface area (Å²) in [5.41, 5.74) is 0. The molecule has 0 unspecified atom stereocenters. The van der Waals surface area contributed by atoms with Gasteiger partial charge in [0.05, 0.1) is 12.5 Å². The fraction of sp³-hybridized carbons (Fsp3) is 0.667. The Morgan fingerprint density at radius 2 is 2.25 bits per heavy atom. The molecule has 0 saturated heterocycles. The lowest BCUT2D eigenvalue weighted by Gasteiger charge is -2.17. The smallest absolute Gasteiger partial charge is 0.305 e. The van der Waals surface area contributed by atoms with Crippen molar-refractivity contribution in [2.45, 2.75) is 32.3 Å². The number of aliphatic hydroxyl groups excluding tert-OH is 1. The molecule has 3 heteroatoms. The molecule has 0 aliphatic carbocycles. The van der Waals surface area contributed by atoms with Crippen molar-refractivity contribution < 1.29 is 15.0 Å². The van der Waals surface area contributed by atoms with Gasteiger partial charge >= 0.3 is 5.97 Å². The molecule has 2 N–H and O–H groups in total. The largest absolute Gasteiger partial charge is 0.481 e. The molecule has 0 fully saturated rings. The third-order valence-corrected chi connectivity index (χ3v) is 1.92. The van der Waals surface area contributed by atoms with Gasteiger partial charge in [0.2, 0.25) is 0 Å². The van der Waals surface area contributed by atoms with Gasteiger partial charge in [0, 0.05) is 0 Å². The van der Waals surface area contributed by atoms with Gasteiger partial charge in [0.15, 0.2) is 0 Å². The lowest BCUT2D eigenvalue weighted by molar-refractivity contribution is -0.140. The van der Waals surface area contributed by atoms with E-state index >= 15 is 0 Å². The number of rotatable bonds is 6. The van der Waals surface area contributed by atoms with Crippen molar-refractivity contribution in [1.82, 2.24) is 0 Å². The van der Waals surface area contributed by atoms with Crippen molar-refractivity contribution in [3.8, 4) is 0 Å². The van der Waals surface area contributed by atoms with Crippen molar-refractivity contribution in [3.63, 3.8) is 0 Å². The van der Waals surface area contributed by atoms with E-state index in [0.717, 1.165) is 6.42 Å². The minimum absolute atomic E-state index is 0.0265. The molecule has 12 heavy (non-hydrogen) atoms. The highest BCUT2D eigenvalue weighted by Crippen LogP contribution is 2.16. The van der Waals surface area contributed by atoms with Crippen molar-refractivity contribution in [2.24, 2.45) is 5.92 Å². The fourth-order valence-corrected chi connectivity index (χ4v) is 1.16. The summed E-state index contributed by atoms with van der Waals surface area (Å²) in [6, 6.07) is 0. The highest BCUT2D eigenvalue weighted by Gasteiger charge is 2.18. The van der Waals surface area contributed by atoms with Gasteiger partial charge in [0.25, 0.3) is 0 Å². The summed E-state index contributed by atoms with van der Waals surface area (Å²) in [6.07, 6.45) is 2.24. The van der Waals surface area contributed by atoms with Crippen LogP contribution in [0.2, 0.25) is 0 Å². The highest BCUT2D eigenvalue weighted by molar-refractivity contribution is 5.67. The Balaban J connectivity index is 3.92. The summed E-state index contributed by atoms with van der Waals surface area (Å²) in [7, 11) is 0. The lowest BCUT2D eigenvalue weighted by Crippen LogP contribution is -2.22. The van der Waals surface area contributed by atoms with E-state index in [2.05, 4.69) is 6.58 Å². The number of carboxylic acid groups (broad SMARTS) is 1. The maximum absolute atomic E-state index is 10.2. The van der Waals surface area contributed by atoms with Gasteiger partial charge in [-0.25, -0.2) is 0 Å². The molecule has 3 nitrogen and oxygen atoms in total. The molecule has 0 aromatic carbocycles. The Hall–Kier alpha value is -0.830. The van der Waals surface area contributed by atoms with Gasteiger partial charge in [-0.15, -0.1) is 6.58 Å². The van der Waals surface area contributed by atoms with Crippen molar-refractivity contribution in [1.29, 1.82) is 0 Å². The predicted octanol–water partition coefficient (Wildman–Crippen LogP) is 1.42. The maximum Gasteiger partial charge on any atom is 0.305 e. The van der Waals surface area contributed by atoms with E-state index in [4.69, 9.17) is 5.11 Å². The van der Waals surface area contributed by atoms with Crippen LogP contribution in [0.25, 0.3) is 0 Å². The first kappa shape index (κ1) is 11.2. The number of hydrogen-bond donors (Lipinski definition) is 2. The van der Waals surface area contributed by atoms with Gasteiger partial charge in [-0.3, -0.25) is 4.79 Å². The Kier molecular flexibility index (Phi) is 5.37. The van der Waals surface area contributed by atoms with E-state index in [1.807, 2.05) is 6.92 Å². The zero-order valence-corrected chi connectivity index (χ0v) is 7.36. The summed E-state index contributed by atoms with van der Waals surface area (Å²) >= 11 is 0. The molecule has 0 rings (SSSR count). The van der Waals surface area contributed by atoms with Crippen LogP contribution in [0.1, 0.15) is 26.2 Å². The SMILES string of the molecule is C=CC[C@@H](CC)[C@@H](O)CC(=O)O. The average Bonchev–Trinajstić information content (AvgIpc) is 1.98. The topological polar surface area (TPSA) is 57.5 Å². The second-order valence-corrected chi connectivity index (χ2v) is 2.86. The molecule has 0 spiro atoms. The first-order chi connectivity index (χ1) is 5.61. The van der Waals surface area contributed by atoms with Crippen LogP contribution in [0.4, 0.5) is 0 Å². The zero-order valence-electron chi connectivity index (χ0n) is 7.36. The zero-order chi connectivity index (χ0) is 9.56. The molecule has 0 amide bonds. The maximum atomic E-state index is 10.2. The quantitative estimate of drug-likeness (QED) is 0.596. The lowest BCUT2D eigenvalue weighted by atomic mass is 9.94. The molecule has 0 aliphatic rings. The van der Waals surface area contributed by atoms with Gasteiger partial charge < -0.3 is 10.2 Å². The van der Waals surface area contributed by atoms with E-state index in [9.17, 15) is 9.90 Å². The average molecular weight is 172 g/mol. The van der Waals surface area contributed by atoms with E-state index in [-0.39, 0.29) is 12.3 Å². The van der Waals surface area contributed by atoms with Crippen LogP contribution >= 0.6 is 0 Å². The van der Waals surface area contributed by atoms with E-state index in [1.165, 1.54) is 0 Å². The minimum atomic E-state index is -0.954. The van der Waals surface area contributed by atoms with Gasteiger partial charge in [0.1, 0.15) is 0 Å². The summed E-state index contributed by atoms with van der Waals surface area (Å²) in [5, 5.41) is 17.8. The molecule has 70 valence electrons. The molecule has 0 saturated carbocycles. The Morgan fingerprint density at radius 3 is 2.58 bits per heavy atom. The first-order valence-electron chi connectivity index (χ1n) is 4.12. The molecule has 0 aliphatic heterocycles. The Morgan fingerprint density at radius 1 is 1.67 bits per heavy atom. The standard InChI is InChI=1S/C9H16O3/c1-3-5-7(4-2)8(10)6-9(11)12/h3,7-8,10H,1,4-6H2,2H3,(H,11,12)/t7-,8+/m1/s1. The molecule has 0 aromatic heterocycles. The normalized spacial score (nSPS) is 15.2. The van der Waals surface area contributed by atoms with E-state index < -0.39 is 12.1 Å². The summed E-state index contributed by atoms with van der Waals surface area (Å²) in [4.78, 5) is 10.2. The van der Waals surface area contributed by atoms with Crippen LogP contribution in [-0.4, -0.2) is 22.3 Å². The van der Waals surface area contributed by atoms with Crippen molar-refractivity contribution >= 4 is 5.97 Å². The molecule has 0 bridgehead atoms. The van der Waals surface area contributed by atoms with Crippen molar-refractivity contribution in [3.05, 3.63) is 12.7 Å². The monoisotopic (exact) mass is 172 g/mol. The van der Waals surface area contributed by atoms with Gasteiger partial charge in [-0.1, -0.05) is 19.4 Å². The highest BCUT2D eigenvalue weighted by atomic mass is 16.4. The first-order valence-corrected chi connectivity index (χ1v) is 4.12. The third kappa shape index (κ3) is 4.13. The minimum Gasteiger partial charge on any atom is -0.481 e. The second kappa shape index (κ2) is 5.77. The van der Waals surface area contributed by atoms with Crippen LogP contribution in [0.5, 0.6) is 0 Å². The molecule has 0 radical (unpaired) electrons. The van der Waals surface area contributed by atoms with Crippen LogP contribution in [0.3, 0.4) is 0 Å². The molecular formula is C9H16O3. The van der Waals surface area contributed by atoms with Crippen LogP contribution in [-0.2, 0) is 4.79 Å². The second-order valence-electron chi connectivity index (χ2n) is 2.86. The van der Waals surface area contributed by atoms with Gasteiger partial charge in [-0.05, 0) is 12.3 Å². The number of allylic oxidation sites excluding steroid dienone is 1. The van der Waals surface area contributed by atoms with E-state index in [1.54, 1.807) is 6.08 Å². The number of aliphatic hydroxyl groups is 1. The fourth-order valence-electron chi connectivity index (χ4n) is 1.16. The van der Waals surface area contributed by atoms with Crippen LogP contribution < -0.4 is 0 Å². The third-order valence-electron chi connectivity index (χ3n) is 1.92. The summed E-state index contributed by atoms with van der Waals surface area (Å²) in [6.45, 7) is 5.48. The van der Waals surface area contributed by atoms with Gasteiger partial charge in [-0.2, -0.15) is 0 Å². The number of carbonyl (C=O) groups is 1. The molecular weight excluding hydrogens is 156 g/mol. The van der Waals surface area contributed by atoms with Crippen LogP contribution in [0, 0.1) is 5.92 Å². The van der Waals surface area contributed by atoms with E-state index in [0.29, 0.717) is 6.42 Å².